The van der Waals surface area contributed by atoms with Crippen molar-refractivity contribution in [3.63, 3.8) is 0 Å². The Morgan fingerprint density at radius 2 is 1.44 bits per heavy atom. The van der Waals surface area contributed by atoms with E-state index in [-0.39, 0.29) is 5.25 Å². The van der Waals surface area contributed by atoms with E-state index in [4.69, 9.17) is 16.0 Å². The summed E-state index contributed by atoms with van der Waals surface area (Å²) in [4.78, 5) is 4.46. The molecule has 1 heterocycles. The van der Waals surface area contributed by atoms with Crippen molar-refractivity contribution in [1.29, 1.82) is 0 Å². The van der Waals surface area contributed by atoms with E-state index >= 15 is 0 Å². The number of rotatable bonds is 6. The van der Waals surface area contributed by atoms with Gasteiger partial charge in [0.1, 0.15) is 0 Å². The van der Waals surface area contributed by atoms with Crippen molar-refractivity contribution in [2.24, 2.45) is 0 Å². The highest BCUT2D eigenvalue weighted by Gasteiger charge is 2.16. The largest absolute Gasteiger partial charge is 0.440 e. The zero-order chi connectivity index (χ0) is 18.5. The first-order valence-corrected chi connectivity index (χ1v) is 10.1. The standard InChI is InChI=1S/C23H18ClNOS/c24-20-13-11-19(12-14-20)23(18-9-5-2-6-10-18)27-16-22-25-15-21(26-22)17-7-3-1-4-8-17/h1-15,23H,16H2. The number of aromatic nitrogens is 1. The molecule has 4 heteroatoms. The number of halogens is 1. The summed E-state index contributed by atoms with van der Waals surface area (Å²) in [7, 11) is 0. The zero-order valence-electron chi connectivity index (χ0n) is 14.6. The molecule has 4 aromatic rings. The van der Waals surface area contributed by atoms with Crippen LogP contribution in [0.4, 0.5) is 0 Å². The Morgan fingerprint density at radius 1 is 0.815 bits per heavy atom. The Balaban J connectivity index is 1.54. The van der Waals surface area contributed by atoms with Crippen LogP contribution in [-0.4, -0.2) is 4.98 Å². The number of hydrogen-bond acceptors (Lipinski definition) is 3. The van der Waals surface area contributed by atoms with Crippen LogP contribution in [-0.2, 0) is 5.75 Å². The maximum atomic E-state index is 6.06. The minimum Gasteiger partial charge on any atom is -0.440 e. The molecule has 0 aliphatic heterocycles. The third-order valence-corrected chi connectivity index (χ3v) is 5.80. The molecule has 134 valence electrons. The molecule has 0 amide bonds. The Bertz CT molecular complexity index is 984. The second-order valence-corrected chi connectivity index (χ2v) is 7.67. The lowest BCUT2D eigenvalue weighted by molar-refractivity contribution is 0.530. The van der Waals surface area contributed by atoms with Gasteiger partial charge in [0.15, 0.2) is 5.76 Å². The van der Waals surface area contributed by atoms with Crippen LogP contribution >= 0.6 is 23.4 Å². The summed E-state index contributed by atoms with van der Waals surface area (Å²) in [6.45, 7) is 0. The van der Waals surface area contributed by atoms with Gasteiger partial charge in [0.05, 0.1) is 17.2 Å². The third kappa shape index (κ3) is 4.44. The van der Waals surface area contributed by atoms with Gasteiger partial charge in [0.25, 0.3) is 0 Å². The lowest BCUT2D eigenvalue weighted by atomic mass is 10.0. The van der Waals surface area contributed by atoms with E-state index in [1.54, 1.807) is 18.0 Å². The number of benzene rings is 3. The normalized spacial score (nSPS) is 12.0. The second kappa shape index (κ2) is 8.47. The highest BCUT2D eigenvalue weighted by atomic mass is 35.5. The minimum absolute atomic E-state index is 0.190. The van der Waals surface area contributed by atoms with Gasteiger partial charge in [-0.25, -0.2) is 4.98 Å². The van der Waals surface area contributed by atoms with E-state index in [1.165, 1.54) is 11.1 Å². The number of thioether (sulfide) groups is 1. The number of hydrogen-bond donors (Lipinski definition) is 0. The average molecular weight is 392 g/mol. The molecule has 0 fully saturated rings. The van der Waals surface area contributed by atoms with Crippen molar-refractivity contribution in [3.8, 4) is 11.3 Å². The maximum absolute atomic E-state index is 6.06. The van der Waals surface area contributed by atoms with E-state index in [9.17, 15) is 0 Å². The Kier molecular flexibility index (Phi) is 5.61. The maximum Gasteiger partial charge on any atom is 0.204 e. The number of nitrogens with zero attached hydrogens (tertiary/aromatic N) is 1. The average Bonchev–Trinajstić information content (AvgIpc) is 3.20. The molecule has 0 radical (unpaired) electrons. The van der Waals surface area contributed by atoms with Crippen molar-refractivity contribution in [2.75, 3.05) is 0 Å². The molecule has 0 aliphatic carbocycles. The first-order chi connectivity index (χ1) is 13.3. The summed E-state index contributed by atoms with van der Waals surface area (Å²) in [6.07, 6.45) is 1.80. The molecule has 0 saturated heterocycles. The zero-order valence-corrected chi connectivity index (χ0v) is 16.2. The quantitative estimate of drug-likeness (QED) is 0.353. The van der Waals surface area contributed by atoms with E-state index in [0.29, 0.717) is 5.75 Å². The van der Waals surface area contributed by atoms with E-state index in [0.717, 1.165) is 22.2 Å². The molecule has 2 nitrogen and oxygen atoms in total. The SMILES string of the molecule is Clc1ccc(C(SCc2ncc(-c3ccccc3)o2)c2ccccc2)cc1. The van der Waals surface area contributed by atoms with Gasteiger partial charge in [-0.3, -0.25) is 0 Å². The minimum atomic E-state index is 0.190. The molecule has 1 atom stereocenters. The van der Waals surface area contributed by atoms with Crippen LogP contribution in [0.3, 0.4) is 0 Å². The molecule has 1 aromatic heterocycles. The smallest absolute Gasteiger partial charge is 0.204 e. The first-order valence-electron chi connectivity index (χ1n) is 8.72. The molecule has 0 N–H and O–H groups in total. The fourth-order valence-electron chi connectivity index (χ4n) is 2.92. The van der Waals surface area contributed by atoms with Crippen molar-refractivity contribution in [2.45, 2.75) is 11.0 Å². The van der Waals surface area contributed by atoms with E-state index in [1.807, 2.05) is 48.5 Å². The predicted molar refractivity (Wildman–Crippen MR) is 113 cm³/mol. The second-order valence-electron chi connectivity index (χ2n) is 6.14. The van der Waals surface area contributed by atoms with Crippen LogP contribution < -0.4 is 0 Å². The van der Waals surface area contributed by atoms with Crippen molar-refractivity contribution >= 4 is 23.4 Å². The fraction of sp³-hybridized carbons (Fsp3) is 0.0870. The topological polar surface area (TPSA) is 26.0 Å². The lowest BCUT2D eigenvalue weighted by Crippen LogP contribution is -1.97. The van der Waals surface area contributed by atoms with Gasteiger partial charge >= 0.3 is 0 Å². The van der Waals surface area contributed by atoms with Crippen LogP contribution in [0.1, 0.15) is 22.3 Å². The summed E-state index contributed by atoms with van der Waals surface area (Å²) < 4.78 is 5.96. The fourth-order valence-corrected chi connectivity index (χ4v) is 4.19. The van der Waals surface area contributed by atoms with Gasteiger partial charge in [0.2, 0.25) is 5.89 Å². The predicted octanol–water partition coefficient (Wildman–Crippen LogP) is 7.02. The first kappa shape index (κ1) is 17.9. The summed E-state index contributed by atoms with van der Waals surface area (Å²) in [5.74, 6) is 2.22. The van der Waals surface area contributed by atoms with Crippen LogP contribution in [0.2, 0.25) is 5.02 Å². The Hall–Kier alpha value is -2.49. The van der Waals surface area contributed by atoms with Crippen molar-refractivity contribution in [3.05, 3.63) is 113 Å². The van der Waals surface area contributed by atoms with E-state index < -0.39 is 0 Å². The third-order valence-electron chi connectivity index (χ3n) is 4.26. The van der Waals surface area contributed by atoms with Gasteiger partial charge in [-0.05, 0) is 23.3 Å². The summed E-state index contributed by atoms with van der Waals surface area (Å²) in [5, 5.41) is 0.936. The highest BCUT2D eigenvalue weighted by molar-refractivity contribution is 7.98. The lowest BCUT2D eigenvalue weighted by Gasteiger charge is -2.17. The molecule has 0 aliphatic rings. The highest BCUT2D eigenvalue weighted by Crippen LogP contribution is 2.38. The molecule has 0 bridgehead atoms. The summed E-state index contributed by atoms with van der Waals surface area (Å²) >= 11 is 7.86. The summed E-state index contributed by atoms with van der Waals surface area (Å²) in [6, 6.07) is 28.5. The van der Waals surface area contributed by atoms with Crippen LogP contribution in [0.15, 0.2) is 95.5 Å². The summed E-state index contributed by atoms with van der Waals surface area (Å²) in [5.41, 5.74) is 3.50. The number of oxazole rings is 1. The van der Waals surface area contributed by atoms with E-state index in [2.05, 4.69) is 41.4 Å². The molecule has 0 spiro atoms. The van der Waals surface area contributed by atoms with Crippen LogP contribution in [0.5, 0.6) is 0 Å². The molecule has 1 unspecified atom stereocenters. The molecule has 4 rings (SSSR count). The molecule has 27 heavy (non-hydrogen) atoms. The van der Waals surface area contributed by atoms with Gasteiger partial charge in [-0.1, -0.05) is 84.4 Å². The van der Waals surface area contributed by atoms with Crippen molar-refractivity contribution < 1.29 is 4.42 Å². The van der Waals surface area contributed by atoms with Gasteiger partial charge in [-0.2, -0.15) is 0 Å². The molecular formula is C23H18ClNOS. The van der Waals surface area contributed by atoms with Crippen LogP contribution in [0, 0.1) is 0 Å². The van der Waals surface area contributed by atoms with Crippen molar-refractivity contribution in [1.82, 2.24) is 4.98 Å². The Labute approximate surface area is 168 Å². The molecular weight excluding hydrogens is 374 g/mol. The molecule has 0 saturated carbocycles. The van der Waals surface area contributed by atoms with Crippen LogP contribution in [0.25, 0.3) is 11.3 Å². The molecule has 3 aromatic carbocycles. The monoisotopic (exact) mass is 391 g/mol. The van der Waals surface area contributed by atoms with Gasteiger partial charge < -0.3 is 4.42 Å². The Morgan fingerprint density at radius 3 is 2.15 bits per heavy atom. The van der Waals surface area contributed by atoms with Gasteiger partial charge in [-0.15, -0.1) is 11.8 Å². The van der Waals surface area contributed by atoms with Gasteiger partial charge in [0, 0.05) is 10.6 Å².